The molecule has 7 nitrogen and oxygen atoms in total. The van der Waals surface area contributed by atoms with Crippen molar-refractivity contribution in [3.8, 4) is 0 Å². The molecule has 0 aliphatic carbocycles. The van der Waals surface area contributed by atoms with Gasteiger partial charge in [-0.3, -0.25) is 19.3 Å². The number of benzene rings is 1. The van der Waals surface area contributed by atoms with Gasteiger partial charge in [0.25, 0.3) is 0 Å². The zero-order valence-corrected chi connectivity index (χ0v) is 16.4. The second kappa shape index (κ2) is 9.50. The molecule has 27 heavy (non-hydrogen) atoms. The van der Waals surface area contributed by atoms with E-state index in [9.17, 15) is 14.4 Å². The van der Waals surface area contributed by atoms with Crippen LogP contribution in [-0.4, -0.2) is 54.8 Å². The highest BCUT2D eigenvalue weighted by atomic mass is 16.2. The lowest BCUT2D eigenvalue weighted by Gasteiger charge is -2.32. The Balaban J connectivity index is 1.65. The third-order valence-corrected chi connectivity index (χ3v) is 4.47. The molecule has 3 amide bonds. The van der Waals surface area contributed by atoms with Crippen LogP contribution in [-0.2, 0) is 14.4 Å². The lowest BCUT2D eigenvalue weighted by atomic mass is 9.96. The van der Waals surface area contributed by atoms with Gasteiger partial charge in [0.05, 0.1) is 13.1 Å². The fraction of sp³-hybridized carbons (Fsp3) is 0.550. The maximum absolute atomic E-state index is 12.1. The third kappa shape index (κ3) is 7.38. The lowest BCUT2D eigenvalue weighted by molar-refractivity contribution is -0.131. The van der Waals surface area contributed by atoms with E-state index in [4.69, 9.17) is 0 Å². The second-order valence-corrected chi connectivity index (χ2v) is 7.96. The summed E-state index contributed by atoms with van der Waals surface area (Å²) < 4.78 is 0. The Morgan fingerprint density at radius 3 is 2.26 bits per heavy atom. The van der Waals surface area contributed by atoms with Gasteiger partial charge in [0, 0.05) is 30.2 Å². The van der Waals surface area contributed by atoms with Gasteiger partial charge < -0.3 is 16.0 Å². The lowest BCUT2D eigenvalue weighted by Crippen LogP contribution is -2.49. The number of carbonyl (C=O) groups excluding carboxylic acids is 3. The predicted octanol–water partition coefficient (Wildman–Crippen LogP) is 1.37. The monoisotopic (exact) mass is 374 g/mol. The molecule has 0 atom stereocenters. The number of nitrogens with zero attached hydrogens (tertiary/aromatic N) is 1. The highest BCUT2D eigenvalue weighted by Crippen LogP contribution is 2.13. The quantitative estimate of drug-likeness (QED) is 0.701. The Morgan fingerprint density at radius 2 is 1.67 bits per heavy atom. The first-order valence-electron chi connectivity index (χ1n) is 9.39. The van der Waals surface area contributed by atoms with Crippen LogP contribution in [0.4, 0.5) is 5.69 Å². The predicted molar refractivity (Wildman–Crippen MR) is 105 cm³/mol. The van der Waals surface area contributed by atoms with Gasteiger partial charge in [0.1, 0.15) is 0 Å². The van der Waals surface area contributed by atoms with Crippen molar-refractivity contribution in [1.29, 1.82) is 0 Å². The molecule has 1 aliphatic heterocycles. The van der Waals surface area contributed by atoms with E-state index < -0.39 is 5.41 Å². The van der Waals surface area contributed by atoms with Crippen LogP contribution >= 0.6 is 0 Å². The molecule has 1 fully saturated rings. The van der Waals surface area contributed by atoms with E-state index in [1.165, 1.54) is 0 Å². The van der Waals surface area contributed by atoms with Crippen molar-refractivity contribution < 1.29 is 14.4 Å². The average molecular weight is 374 g/mol. The van der Waals surface area contributed by atoms with Crippen molar-refractivity contribution in [3.63, 3.8) is 0 Å². The number of para-hydroxylation sites is 1. The van der Waals surface area contributed by atoms with Crippen LogP contribution in [0.1, 0.15) is 33.6 Å². The summed E-state index contributed by atoms with van der Waals surface area (Å²) in [5, 5.41) is 8.50. The number of amides is 3. The molecule has 1 aliphatic rings. The fourth-order valence-corrected chi connectivity index (χ4v) is 2.86. The number of rotatable bonds is 6. The largest absolute Gasteiger partial charge is 0.352 e. The summed E-state index contributed by atoms with van der Waals surface area (Å²) in [5.41, 5.74) is 0.285. The van der Waals surface area contributed by atoms with E-state index in [1.54, 1.807) is 0 Å². The molecule has 1 aromatic carbocycles. The Bertz CT molecular complexity index is 647. The van der Waals surface area contributed by atoms with Crippen molar-refractivity contribution in [2.45, 2.75) is 39.7 Å². The van der Waals surface area contributed by atoms with Gasteiger partial charge in [0.2, 0.25) is 17.7 Å². The van der Waals surface area contributed by atoms with Crippen LogP contribution in [0.2, 0.25) is 0 Å². The molecule has 1 aromatic rings. The van der Waals surface area contributed by atoms with Crippen LogP contribution in [0.15, 0.2) is 30.3 Å². The highest BCUT2D eigenvalue weighted by molar-refractivity contribution is 5.92. The summed E-state index contributed by atoms with van der Waals surface area (Å²) >= 11 is 0. The Hall–Kier alpha value is -2.41. The van der Waals surface area contributed by atoms with Crippen LogP contribution in [0.25, 0.3) is 0 Å². The van der Waals surface area contributed by atoms with E-state index in [-0.39, 0.29) is 30.3 Å². The van der Waals surface area contributed by atoms with Gasteiger partial charge in [-0.2, -0.15) is 0 Å². The van der Waals surface area contributed by atoms with Crippen molar-refractivity contribution in [2.24, 2.45) is 5.41 Å². The molecule has 7 heteroatoms. The summed E-state index contributed by atoms with van der Waals surface area (Å²) in [4.78, 5) is 38.0. The van der Waals surface area contributed by atoms with E-state index in [0.717, 1.165) is 31.6 Å². The molecule has 0 unspecified atom stereocenters. The van der Waals surface area contributed by atoms with Gasteiger partial charge in [-0.1, -0.05) is 39.0 Å². The first-order chi connectivity index (χ1) is 12.7. The zero-order valence-electron chi connectivity index (χ0n) is 16.4. The van der Waals surface area contributed by atoms with Gasteiger partial charge in [-0.15, -0.1) is 0 Å². The molecule has 148 valence electrons. The molecule has 1 saturated heterocycles. The highest BCUT2D eigenvalue weighted by Gasteiger charge is 2.24. The van der Waals surface area contributed by atoms with E-state index in [1.807, 2.05) is 51.1 Å². The fourth-order valence-electron chi connectivity index (χ4n) is 2.86. The summed E-state index contributed by atoms with van der Waals surface area (Å²) in [7, 11) is 0. The molecule has 0 bridgehead atoms. The topological polar surface area (TPSA) is 90.5 Å². The standard InChI is InChI=1S/C20H30N4O3/c1-20(2,3)19(27)21-13-17(25)22-16-9-11-24(12-10-16)14-18(26)23-15-7-5-4-6-8-15/h4-8,16H,9-14H2,1-3H3,(H,21,27)(H,22,25)(H,23,26). The Kier molecular flexibility index (Phi) is 7.36. The first-order valence-corrected chi connectivity index (χ1v) is 9.39. The maximum Gasteiger partial charge on any atom is 0.239 e. The van der Waals surface area contributed by atoms with E-state index in [0.29, 0.717) is 6.54 Å². The molecular weight excluding hydrogens is 344 g/mol. The number of nitrogens with one attached hydrogen (secondary N) is 3. The minimum Gasteiger partial charge on any atom is -0.352 e. The smallest absolute Gasteiger partial charge is 0.239 e. The summed E-state index contributed by atoms with van der Waals surface area (Å²) in [6.45, 7) is 7.27. The summed E-state index contributed by atoms with van der Waals surface area (Å²) in [6.07, 6.45) is 1.58. The number of anilines is 1. The number of likely N-dealkylation sites (tertiary alicyclic amines) is 1. The van der Waals surface area contributed by atoms with Crippen LogP contribution < -0.4 is 16.0 Å². The van der Waals surface area contributed by atoms with Gasteiger partial charge in [0.15, 0.2) is 0 Å². The normalized spacial score (nSPS) is 15.8. The molecule has 1 heterocycles. The first kappa shape index (κ1) is 20.9. The SMILES string of the molecule is CC(C)(C)C(=O)NCC(=O)NC1CCN(CC(=O)Nc2ccccc2)CC1. The third-order valence-electron chi connectivity index (χ3n) is 4.47. The van der Waals surface area contributed by atoms with Gasteiger partial charge >= 0.3 is 0 Å². The Labute approximate surface area is 160 Å². The number of hydrogen-bond acceptors (Lipinski definition) is 4. The molecule has 0 aromatic heterocycles. The van der Waals surface area contributed by atoms with Gasteiger partial charge in [-0.05, 0) is 25.0 Å². The van der Waals surface area contributed by atoms with Crippen molar-refractivity contribution in [3.05, 3.63) is 30.3 Å². The van der Waals surface area contributed by atoms with E-state index >= 15 is 0 Å². The van der Waals surface area contributed by atoms with Crippen molar-refractivity contribution >= 4 is 23.4 Å². The molecule has 3 N–H and O–H groups in total. The van der Waals surface area contributed by atoms with Crippen molar-refractivity contribution in [2.75, 3.05) is 31.5 Å². The molecular formula is C20H30N4O3. The number of carbonyl (C=O) groups is 3. The average Bonchev–Trinajstić information content (AvgIpc) is 2.61. The van der Waals surface area contributed by atoms with E-state index in [2.05, 4.69) is 20.9 Å². The van der Waals surface area contributed by atoms with Crippen LogP contribution in [0, 0.1) is 5.41 Å². The van der Waals surface area contributed by atoms with Crippen LogP contribution in [0.5, 0.6) is 0 Å². The molecule has 0 spiro atoms. The molecule has 2 rings (SSSR count). The summed E-state index contributed by atoms with van der Waals surface area (Å²) in [5.74, 6) is -0.349. The number of hydrogen-bond donors (Lipinski definition) is 3. The van der Waals surface area contributed by atoms with Crippen LogP contribution in [0.3, 0.4) is 0 Å². The minimum atomic E-state index is -0.508. The maximum atomic E-state index is 12.1. The Morgan fingerprint density at radius 1 is 1.04 bits per heavy atom. The molecule has 0 saturated carbocycles. The van der Waals surface area contributed by atoms with Crippen molar-refractivity contribution in [1.82, 2.24) is 15.5 Å². The number of piperidine rings is 1. The zero-order chi connectivity index (χ0) is 19.9. The minimum absolute atomic E-state index is 0.00417. The van der Waals surface area contributed by atoms with Gasteiger partial charge in [-0.25, -0.2) is 0 Å². The second-order valence-electron chi connectivity index (χ2n) is 7.96. The summed E-state index contributed by atoms with van der Waals surface area (Å²) in [6, 6.07) is 9.47. The molecule has 0 radical (unpaired) electrons.